The number of rotatable bonds is 4. The van der Waals surface area contributed by atoms with Crippen molar-refractivity contribution in [2.24, 2.45) is 0 Å². The lowest BCUT2D eigenvalue weighted by Gasteiger charge is -2.13. The fourth-order valence-corrected chi connectivity index (χ4v) is 2.61. The van der Waals surface area contributed by atoms with E-state index >= 15 is 0 Å². The van der Waals surface area contributed by atoms with Crippen LogP contribution in [0.2, 0.25) is 0 Å². The number of aromatic nitrogens is 2. The topological polar surface area (TPSA) is 37.8 Å². The minimum Gasteiger partial charge on any atom is -0.303 e. The van der Waals surface area contributed by atoms with Crippen LogP contribution in [0.3, 0.4) is 0 Å². The summed E-state index contributed by atoms with van der Waals surface area (Å²) in [5, 5.41) is 4.50. The quantitative estimate of drug-likeness (QED) is 0.771. The Kier molecular flexibility index (Phi) is 4.27. The number of hydrogen-bond acceptors (Lipinski definition) is 3. The molecule has 4 heteroatoms. The summed E-state index contributed by atoms with van der Waals surface area (Å²) in [4.78, 5) is 9.01. The molecule has 0 fully saturated rings. The Hall–Kier alpha value is -1.78. The molecule has 0 aliphatic rings. The number of benzene rings is 2. The molecule has 21 heavy (non-hydrogen) atoms. The van der Waals surface area contributed by atoms with Gasteiger partial charge in [0.1, 0.15) is 5.82 Å². The van der Waals surface area contributed by atoms with E-state index in [0.717, 1.165) is 21.2 Å². The molecule has 0 unspecified atom stereocenters. The van der Waals surface area contributed by atoms with Crippen molar-refractivity contribution < 1.29 is 0 Å². The molecule has 1 atom stereocenters. The van der Waals surface area contributed by atoms with E-state index in [1.54, 1.807) is 0 Å². The van der Waals surface area contributed by atoms with E-state index in [-0.39, 0.29) is 6.04 Å². The molecule has 0 aliphatic heterocycles. The van der Waals surface area contributed by atoms with Crippen LogP contribution in [0.25, 0.3) is 10.9 Å². The molecule has 1 heterocycles. The second-order valence-corrected chi connectivity index (χ2v) is 5.92. The predicted octanol–water partition coefficient (Wildman–Crippen LogP) is 4.24. The highest BCUT2D eigenvalue weighted by molar-refractivity contribution is 9.10. The predicted molar refractivity (Wildman–Crippen MR) is 88.9 cm³/mol. The molecule has 0 radical (unpaired) electrons. The molecule has 3 nitrogen and oxygen atoms in total. The number of fused-ring (bicyclic) bond motifs is 1. The molecule has 3 aromatic rings. The average Bonchev–Trinajstić information content (AvgIpc) is 2.53. The third-order valence-corrected chi connectivity index (χ3v) is 3.95. The Morgan fingerprint density at radius 2 is 1.95 bits per heavy atom. The van der Waals surface area contributed by atoms with Crippen LogP contribution in [-0.2, 0) is 6.54 Å². The normalized spacial score (nSPS) is 12.5. The van der Waals surface area contributed by atoms with Crippen molar-refractivity contribution in [1.29, 1.82) is 0 Å². The van der Waals surface area contributed by atoms with E-state index in [1.807, 2.05) is 30.5 Å². The van der Waals surface area contributed by atoms with E-state index < -0.39 is 0 Å². The molecule has 1 aromatic heterocycles. The lowest BCUT2D eigenvalue weighted by atomic mass is 10.1. The first-order valence-corrected chi connectivity index (χ1v) is 7.71. The molecule has 0 spiro atoms. The van der Waals surface area contributed by atoms with Gasteiger partial charge in [-0.3, -0.25) is 0 Å². The van der Waals surface area contributed by atoms with Crippen molar-refractivity contribution in [2.75, 3.05) is 0 Å². The van der Waals surface area contributed by atoms with Gasteiger partial charge in [0.2, 0.25) is 0 Å². The van der Waals surface area contributed by atoms with E-state index in [0.29, 0.717) is 6.54 Å². The Balaban J connectivity index is 1.72. The van der Waals surface area contributed by atoms with Gasteiger partial charge in [0.15, 0.2) is 0 Å². The highest BCUT2D eigenvalue weighted by Crippen LogP contribution is 2.18. The van der Waals surface area contributed by atoms with Crippen LogP contribution < -0.4 is 5.32 Å². The summed E-state index contributed by atoms with van der Waals surface area (Å²) in [6.07, 6.45) is 1.87. The van der Waals surface area contributed by atoms with Crippen molar-refractivity contribution in [3.05, 3.63) is 70.6 Å². The minimum atomic E-state index is 0.274. The molecule has 0 saturated heterocycles. The van der Waals surface area contributed by atoms with Crippen LogP contribution in [0.4, 0.5) is 0 Å². The standard InChI is InChI=1S/C17H16BrN3/c1-12(13-5-3-2-4-6-13)19-11-17-20-10-14-9-15(18)7-8-16(14)21-17/h2-10,12,19H,11H2,1H3/t12-/m1/s1. The lowest BCUT2D eigenvalue weighted by Crippen LogP contribution is -2.19. The molecule has 0 bridgehead atoms. The van der Waals surface area contributed by atoms with Crippen molar-refractivity contribution in [2.45, 2.75) is 19.5 Å². The van der Waals surface area contributed by atoms with Gasteiger partial charge >= 0.3 is 0 Å². The fourth-order valence-electron chi connectivity index (χ4n) is 2.23. The summed E-state index contributed by atoms with van der Waals surface area (Å²) in [6.45, 7) is 2.80. The van der Waals surface area contributed by atoms with Crippen molar-refractivity contribution in [3.8, 4) is 0 Å². The smallest absolute Gasteiger partial charge is 0.142 e. The summed E-state index contributed by atoms with van der Waals surface area (Å²) in [7, 11) is 0. The molecule has 106 valence electrons. The summed E-state index contributed by atoms with van der Waals surface area (Å²) in [5.41, 5.74) is 2.24. The monoisotopic (exact) mass is 341 g/mol. The summed E-state index contributed by atoms with van der Waals surface area (Å²) in [6, 6.07) is 16.7. The fraction of sp³-hybridized carbons (Fsp3) is 0.176. The number of hydrogen-bond donors (Lipinski definition) is 1. The van der Waals surface area contributed by atoms with E-state index in [2.05, 4.69) is 62.4 Å². The van der Waals surface area contributed by atoms with Gasteiger partial charge in [-0.15, -0.1) is 0 Å². The highest BCUT2D eigenvalue weighted by atomic mass is 79.9. The van der Waals surface area contributed by atoms with Crippen LogP contribution in [0.5, 0.6) is 0 Å². The SMILES string of the molecule is C[C@@H](NCc1ncc2cc(Br)ccc2n1)c1ccccc1. The Morgan fingerprint density at radius 1 is 1.14 bits per heavy atom. The summed E-state index contributed by atoms with van der Waals surface area (Å²) >= 11 is 3.46. The zero-order valence-corrected chi connectivity index (χ0v) is 13.3. The van der Waals surface area contributed by atoms with Gasteiger partial charge < -0.3 is 5.32 Å². The molecule has 0 amide bonds. The maximum Gasteiger partial charge on any atom is 0.142 e. The highest BCUT2D eigenvalue weighted by Gasteiger charge is 2.06. The maximum absolute atomic E-state index is 4.59. The third-order valence-electron chi connectivity index (χ3n) is 3.46. The van der Waals surface area contributed by atoms with Gasteiger partial charge in [0, 0.05) is 22.1 Å². The van der Waals surface area contributed by atoms with Gasteiger partial charge in [-0.25, -0.2) is 9.97 Å². The molecule has 3 rings (SSSR count). The molecular weight excluding hydrogens is 326 g/mol. The first kappa shape index (κ1) is 14.2. The molecule has 2 aromatic carbocycles. The van der Waals surface area contributed by atoms with Gasteiger partial charge in [0.05, 0.1) is 12.1 Å². The van der Waals surface area contributed by atoms with Gasteiger partial charge in [-0.05, 0) is 30.7 Å². The minimum absolute atomic E-state index is 0.274. The number of nitrogens with zero attached hydrogens (tertiary/aromatic N) is 2. The van der Waals surface area contributed by atoms with Crippen molar-refractivity contribution in [3.63, 3.8) is 0 Å². The summed E-state index contributed by atoms with van der Waals surface area (Å²) < 4.78 is 1.04. The van der Waals surface area contributed by atoms with Crippen LogP contribution >= 0.6 is 15.9 Å². The van der Waals surface area contributed by atoms with Gasteiger partial charge in [0.25, 0.3) is 0 Å². The Bertz CT molecular complexity index is 743. The number of halogens is 1. The molecule has 0 aliphatic carbocycles. The van der Waals surface area contributed by atoms with Crippen molar-refractivity contribution in [1.82, 2.24) is 15.3 Å². The second-order valence-electron chi connectivity index (χ2n) is 5.00. The van der Waals surface area contributed by atoms with E-state index in [1.165, 1.54) is 5.56 Å². The zero-order chi connectivity index (χ0) is 14.7. The Labute approximate surface area is 132 Å². The first-order valence-electron chi connectivity index (χ1n) is 6.92. The molecule has 0 saturated carbocycles. The second kappa shape index (κ2) is 6.33. The molecular formula is C17H16BrN3. The van der Waals surface area contributed by atoms with Crippen LogP contribution in [0, 0.1) is 0 Å². The van der Waals surface area contributed by atoms with Crippen LogP contribution in [0.1, 0.15) is 24.4 Å². The van der Waals surface area contributed by atoms with Crippen molar-refractivity contribution >= 4 is 26.8 Å². The Morgan fingerprint density at radius 3 is 2.76 bits per heavy atom. The zero-order valence-electron chi connectivity index (χ0n) is 11.8. The number of nitrogens with one attached hydrogen (secondary N) is 1. The largest absolute Gasteiger partial charge is 0.303 e. The van der Waals surface area contributed by atoms with Crippen LogP contribution in [-0.4, -0.2) is 9.97 Å². The first-order chi connectivity index (χ1) is 10.2. The summed E-state index contributed by atoms with van der Waals surface area (Å²) in [5.74, 6) is 0.813. The lowest BCUT2D eigenvalue weighted by molar-refractivity contribution is 0.560. The molecule has 1 N–H and O–H groups in total. The average molecular weight is 342 g/mol. The van der Waals surface area contributed by atoms with E-state index in [4.69, 9.17) is 0 Å². The van der Waals surface area contributed by atoms with Gasteiger partial charge in [-0.1, -0.05) is 46.3 Å². The van der Waals surface area contributed by atoms with Crippen LogP contribution in [0.15, 0.2) is 59.2 Å². The third kappa shape index (κ3) is 3.46. The van der Waals surface area contributed by atoms with Gasteiger partial charge in [-0.2, -0.15) is 0 Å². The van der Waals surface area contributed by atoms with E-state index in [9.17, 15) is 0 Å². The maximum atomic E-state index is 4.59.